The standard InChI is InChI=1S/C31H43ClN6O4/c1-5-41-29-16-25-23(15-26(29)36-30(39)9-7-12-37(3)4)31(21(17-33)18-34-25)35-22-10-11-28(24(32)14-22)42-19-27-20(2)8-6-13-38(27)40/h10-11,14-16,20-21,27,31,34-35,40H,5-9,12-13,18-19H2,1-4H3,(H,36,39). The van der Waals surface area contributed by atoms with Gasteiger partial charge in [-0.1, -0.05) is 18.5 Å². The predicted molar refractivity (Wildman–Crippen MR) is 166 cm³/mol. The van der Waals surface area contributed by atoms with Gasteiger partial charge in [0.05, 0.1) is 41.4 Å². The van der Waals surface area contributed by atoms with Crippen LogP contribution in [0.5, 0.6) is 11.5 Å². The Bertz CT molecular complexity index is 1260. The number of fused-ring (bicyclic) bond motifs is 1. The minimum atomic E-state index is -0.378. The number of rotatable bonds is 12. The van der Waals surface area contributed by atoms with Gasteiger partial charge in [0, 0.05) is 42.5 Å². The van der Waals surface area contributed by atoms with Crippen molar-refractivity contribution in [3.8, 4) is 17.6 Å². The Labute approximate surface area is 253 Å². The van der Waals surface area contributed by atoms with Crippen molar-refractivity contribution in [1.29, 1.82) is 5.26 Å². The maximum absolute atomic E-state index is 12.8. The number of piperidine rings is 1. The number of carbonyl (C=O) groups excluding carboxylic acids is 1. The van der Waals surface area contributed by atoms with Crippen LogP contribution in [0.4, 0.5) is 17.1 Å². The van der Waals surface area contributed by atoms with Crippen LogP contribution in [-0.4, -0.2) is 74.1 Å². The van der Waals surface area contributed by atoms with Crippen molar-refractivity contribution in [2.24, 2.45) is 11.8 Å². The Hall–Kier alpha value is -3.23. The van der Waals surface area contributed by atoms with Crippen LogP contribution in [0.1, 0.15) is 51.1 Å². The molecule has 1 saturated heterocycles. The number of hydrogen-bond donors (Lipinski definition) is 4. The Balaban J connectivity index is 1.52. The zero-order valence-corrected chi connectivity index (χ0v) is 25.7. The summed E-state index contributed by atoms with van der Waals surface area (Å²) < 4.78 is 11.9. The molecule has 0 bridgehead atoms. The van der Waals surface area contributed by atoms with Gasteiger partial charge in [0.1, 0.15) is 18.1 Å². The number of nitriles is 1. The second-order valence-electron chi connectivity index (χ2n) is 11.4. The fourth-order valence-electron chi connectivity index (χ4n) is 5.54. The van der Waals surface area contributed by atoms with Gasteiger partial charge < -0.3 is 35.5 Å². The number of halogens is 1. The molecule has 0 saturated carbocycles. The molecule has 4 N–H and O–H groups in total. The number of hydrogen-bond acceptors (Lipinski definition) is 9. The van der Waals surface area contributed by atoms with Crippen LogP contribution in [-0.2, 0) is 4.79 Å². The van der Waals surface area contributed by atoms with E-state index in [0.29, 0.717) is 60.9 Å². The topological polar surface area (TPSA) is 122 Å². The van der Waals surface area contributed by atoms with Crippen LogP contribution in [0.3, 0.4) is 0 Å². The number of ether oxygens (including phenoxy) is 2. The molecule has 2 aromatic rings. The molecule has 0 aliphatic carbocycles. The third-order valence-corrected chi connectivity index (χ3v) is 8.20. The highest BCUT2D eigenvalue weighted by atomic mass is 35.5. The molecule has 2 heterocycles. The quantitative estimate of drug-likeness (QED) is 0.247. The summed E-state index contributed by atoms with van der Waals surface area (Å²) in [4.78, 5) is 14.8. The number of nitrogens with zero attached hydrogens (tertiary/aromatic N) is 3. The van der Waals surface area contributed by atoms with E-state index in [1.165, 1.54) is 5.06 Å². The number of anilines is 3. The average Bonchev–Trinajstić information content (AvgIpc) is 2.94. The van der Waals surface area contributed by atoms with Crippen molar-refractivity contribution < 1.29 is 19.5 Å². The van der Waals surface area contributed by atoms with Gasteiger partial charge in [0.2, 0.25) is 5.91 Å². The first kappa shape index (κ1) is 31.7. The van der Waals surface area contributed by atoms with Gasteiger partial charge in [-0.25, -0.2) is 0 Å². The summed E-state index contributed by atoms with van der Waals surface area (Å²) in [5, 5.41) is 31.9. The molecule has 0 radical (unpaired) electrons. The molecular formula is C31H43ClN6O4. The number of benzene rings is 2. The average molecular weight is 599 g/mol. The first-order valence-electron chi connectivity index (χ1n) is 14.7. The van der Waals surface area contributed by atoms with Crippen molar-refractivity contribution in [1.82, 2.24) is 9.96 Å². The van der Waals surface area contributed by atoms with Gasteiger partial charge in [-0.2, -0.15) is 10.3 Å². The molecule has 2 aliphatic heterocycles. The molecule has 0 spiro atoms. The SMILES string of the molecule is CCOc1cc2c(cc1NC(=O)CCCN(C)C)C(Nc1ccc(OCC3C(C)CCCN3O)c(Cl)c1)C(C#N)CN2. The number of hydroxylamine groups is 2. The number of amides is 1. The lowest BCUT2D eigenvalue weighted by atomic mass is 9.88. The normalized spacial score (nSPS) is 22.0. The molecule has 4 atom stereocenters. The highest BCUT2D eigenvalue weighted by Gasteiger charge is 2.32. The molecule has 1 fully saturated rings. The number of carbonyl (C=O) groups is 1. The highest BCUT2D eigenvalue weighted by Crippen LogP contribution is 2.42. The van der Waals surface area contributed by atoms with E-state index in [4.69, 9.17) is 21.1 Å². The first-order chi connectivity index (χ1) is 20.2. The maximum Gasteiger partial charge on any atom is 0.224 e. The van der Waals surface area contributed by atoms with E-state index in [1.54, 1.807) is 12.1 Å². The van der Waals surface area contributed by atoms with Gasteiger partial charge in [-0.15, -0.1) is 0 Å². The Kier molecular flexibility index (Phi) is 11.2. The third kappa shape index (κ3) is 7.98. The van der Waals surface area contributed by atoms with E-state index in [-0.39, 0.29) is 23.9 Å². The fourth-order valence-corrected chi connectivity index (χ4v) is 5.78. The summed E-state index contributed by atoms with van der Waals surface area (Å²) in [6, 6.07) is 11.2. The van der Waals surface area contributed by atoms with Gasteiger partial charge in [0.25, 0.3) is 0 Å². The summed E-state index contributed by atoms with van der Waals surface area (Å²) >= 11 is 6.62. The molecule has 42 heavy (non-hydrogen) atoms. The van der Waals surface area contributed by atoms with Crippen LogP contribution < -0.4 is 25.4 Å². The van der Waals surface area contributed by atoms with Gasteiger partial charge in [-0.05, 0) is 77.0 Å². The van der Waals surface area contributed by atoms with E-state index in [9.17, 15) is 15.3 Å². The third-order valence-electron chi connectivity index (χ3n) is 7.90. The summed E-state index contributed by atoms with van der Waals surface area (Å²) in [5.41, 5.74) is 3.01. The van der Waals surface area contributed by atoms with Gasteiger partial charge >= 0.3 is 0 Å². The zero-order valence-electron chi connectivity index (χ0n) is 25.0. The van der Waals surface area contributed by atoms with Crippen LogP contribution in [0.25, 0.3) is 0 Å². The maximum atomic E-state index is 12.8. The second-order valence-corrected chi connectivity index (χ2v) is 11.8. The summed E-state index contributed by atoms with van der Waals surface area (Å²) in [6.45, 7) is 6.73. The molecule has 2 aliphatic rings. The molecule has 4 rings (SSSR count). The first-order valence-corrected chi connectivity index (χ1v) is 15.1. The van der Waals surface area contributed by atoms with E-state index in [0.717, 1.165) is 42.7 Å². The van der Waals surface area contributed by atoms with E-state index in [1.807, 2.05) is 44.1 Å². The Morgan fingerprint density at radius 1 is 1.26 bits per heavy atom. The molecule has 10 nitrogen and oxygen atoms in total. The van der Waals surface area contributed by atoms with Crippen molar-refractivity contribution >= 4 is 34.6 Å². The molecule has 228 valence electrons. The lowest BCUT2D eigenvalue weighted by Crippen LogP contribution is -2.45. The zero-order chi connectivity index (χ0) is 30.2. The lowest BCUT2D eigenvalue weighted by molar-refractivity contribution is -0.164. The molecule has 1 amide bonds. The van der Waals surface area contributed by atoms with Crippen molar-refractivity contribution in [3.05, 3.63) is 40.9 Å². The van der Waals surface area contributed by atoms with Crippen LogP contribution in [0, 0.1) is 23.2 Å². The van der Waals surface area contributed by atoms with Gasteiger partial charge in [0.15, 0.2) is 0 Å². The number of nitrogens with one attached hydrogen (secondary N) is 3. The van der Waals surface area contributed by atoms with E-state index < -0.39 is 0 Å². The minimum Gasteiger partial charge on any atom is -0.492 e. The van der Waals surface area contributed by atoms with Crippen LogP contribution in [0.15, 0.2) is 30.3 Å². The fraction of sp³-hybridized carbons (Fsp3) is 0.548. The lowest BCUT2D eigenvalue weighted by Gasteiger charge is -2.35. The molecule has 11 heteroatoms. The van der Waals surface area contributed by atoms with Crippen LogP contribution >= 0.6 is 11.6 Å². The molecule has 0 aromatic heterocycles. The highest BCUT2D eigenvalue weighted by molar-refractivity contribution is 6.32. The van der Waals surface area contributed by atoms with Crippen molar-refractivity contribution in [2.75, 3.05) is 62.9 Å². The largest absolute Gasteiger partial charge is 0.492 e. The van der Waals surface area contributed by atoms with Crippen molar-refractivity contribution in [2.45, 2.75) is 51.6 Å². The van der Waals surface area contributed by atoms with Crippen LogP contribution in [0.2, 0.25) is 5.02 Å². The molecule has 4 unspecified atom stereocenters. The minimum absolute atomic E-state index is 0.0838. The predicted octanol–water partition coefficient (Wildman–Crippen LogP) is 5.61. The summed E-state index contributed by atoms with van der Waals surface area (Å²) in [7, 11) is 3.96. The smallest absolute Gasteiger partial charge is 0.224 e. The monoisotopic (exact) mass is 598 g/mol. The molecular weight excluding hydrogens is 556 g/mol. The molecule has 2 aromatic carbocycles. The van der Waals surface area contributed by atoms with E-state index in [2.05, 4.69) is 28.9 Å². The Morgan fingerprint density at radius 3 is 2.76 bits per heavy atom. The summed E-state index contributed by atoms with van der Waals surface area (Å²) in [6.07, 6.45) is 3.16. The van der Waals surface area contributed by atoms with Gasteiger partial charge in [-0.3, -0.25) is 4.79 Å². The second kappa shape index (κ2) is 14.8. The van der Waals surface area contributed by atoms with Crippen molar-refractivity contribution in [3.63, 3.8) is 0 Å². The summed E-state index contributed by atoms with van der Waals surface area (Å²) in [5.74, 6) is 0.977. The Morgan fingerprint density at radius 2 is 2.07 bits per heavy atom. The van der Waals surface area contributed by atoms with E-state index >= 15 is 0 Å².